The van der Waals surface area contributed by atoms with Gasteiger partial charge in [-0.25, -0.2) is 9.18 Å². The largest absolute Gasteiger partial charge is 0.477 e. The molecule has 0 aliphatic carbocycles. The number of anilines is 1. The fourth-order valence-electron chi connectivity index (χ4n) is 1.26. The molecule has 6 heteroatoms. The topological polar surface area (TPSA) is 40.5 Å². The Morgan fingerprint density at radius 3 is 2.38 bits per heavy atom. The maximum atomic E-state index is 13.3. The lowest BCUT2D eigenvalue weighted by Crippen LogP contribution is -2.28. The van der Waals surface area contributed by atoms with Crippen LogP contribution in [0.3, 0.4) is 0 Å². The van der Waals surface area contributed by atoms with Crippen molar-refractivity contribution in [2.75, 3.05) is 19.0 Å². The first-order valence-electron chi connectivity index (χ1n) is 4.35. The predicted octanol–water partition coefficient (Wildman–Crippen LogP) is 2.07. The van der Waals surface area contributed by atoms with E-state index in [9.17, 15) is 18.0 Å². The summed E-state index contributed by atoms with van der Waals surface area (Å²) in [5.74, 6) is -7.00. The molecule has 0 spiro atoms. The molecule has 1 N–H and O–H groups in total. The molecule has 1 aromatic rings. The molecule has 0 saturated carbocycles. The van der Waals surface area contributed by atoms with Gasteiger partial charge in [0.05, 0.1) is 5.56 Å². The van der Waals surface area contributed by atoms with E-state index in [-0.39, 0.29) is 5.69 Å². The summed E-state index contributed by atoms with van der Waals surface area (Å²) in [6, 6.07) is 2.45. The minimum absolute atomic E-state index is 0.160. The Kier molecular flexibility index (Phi) is 3.11. The maximum Gasteiger partial charge on any atom is 0.379 e. The van der Waals surface area contributed by atoms with Gasteiger partial charge in [-0.05, 0) is 18.2 Å². The second kappa shape index (κ2) is 4.03. The lowest BCUT2D eigenvalue weighted by molar-refractivity contribution is -0.166. The van der Waals surface area contributed by atoms with Gasteiger partial charge < -0.3 is 10.0 Å². The summed E-state index contributed by atoms with van der Waals surface area (Å²) >= 11 is 0. The van der Waals surface area contributed by atoms with Crippen LogP contribution in [0.1, 0.15) is 5.56 Å². The fourth-order valence-corrected chi connectivity index (χ4v) is 1.26. The molecule has 1 aromatic carbocycles. The van der Waals surface area contributed by atoms with E-state index in [4.69, 9.17) is 5.11 Å². The number of rotatable bonds is 3. The zero-order valence-electron chi connectivity index (χ0n) is 8.67. The number of carboxylic acids is 1. The van der Waals surface area contributed by atoms with Crippen LogP contribution in [0, 0.1) is 5.82 Å². The van der Waals surface area contributed by atoms with Crippen molar-refractivity contribution in [3.05, 3.63) is 29.6 Å². The van der Waals surface area contributed by atoms with Crippen molar-refractivity contribution in [3.63, 3.8) is 0 Å². The number of halogens is 3. The SMILES string of the molecule is CN(C)c1cc(F)ccc1C(F)(F)C(=O)O. The summed E-state index contributed by atoms with van der Waals surface area (Å²) in [5, 5.41) is 8.41. The molecule has 0 unspecified atom stereocenters. The van der Waals surface area contributed by atoms with E-state index in [2.05, 4.69) is 0 Å². The van der Waals surface area contributed by atoms with E-state index in [1.54, 1.807) is 0 Å². The average molecular weight is 233 g/mol. The van der Waals surface area contributed by atoms with Crippen molar-refractivity contribution in [2.45, 2.75) is 5.92 Å². The molecule has 16 heavy (non-hydrogen) atoms. The quantitative estimate of drug-likeness (QED) is 0.868. The number of hydrogen-bond acceptors (Lipinski definition) is 2. The minimum atomic E-state index is -4.03. The highest BCUT2D eigenvalue weighted by Crippen LogP contribution is 2.35. The van der Waals surface area contributed by atoms with E-state index >= 15 is 0 Å². The van der Waals surface area contributed by atoms with Crippen LogP contribution in [0.5, 0.6) is 0 Å². The number of alkyl halides is 2. The third-order valence-electron chi connectivity index (χ3n) is 2.05. The normalized spacial score (nSPS) is 11.3. The Labute approximate surface area is 90.1 Å². The average Bonchev–Trinajstić information content (AvgIpc) is 2.16. The molecule has 1 rings (SSSR count). The molecule has 0 aliphatic rings. The standard InChI is InChI=1S/C10H10F3NO2/c1-14(2)8-5-6(11)3-4-7(8)10(12,13)9(15)16/h3-5H,1-2H3,(H,15,16). The number of nitrogens with zero attached hydrogens (tertiary/aromatic N) is 1. The van der Waals surface area contributed by atoms with E-state index in [1.165, 1.54) is 19.0 Å². The first-order valence-corrected chi connectivity index (χ1v) is 4.35. The molecular weight excluding hydrogens is 223 g/mol. The van der Waals surface area contributed by atoms with E-state index in [0.717, 1.165) is 18.2 Å². The molecule has 0 aromatic heterocycles. The van der Waals surface area contributed by atoms with Crippen LogP contribution >= 0.6 is 0 Å². The van der Waals surface area contributed by atoms with Crippen molar-refractivity contribution < 1.29 is 23.1 Å². The Balaban J connectivity index is 3.39. The monoisotopic (exact) mass is 233 g/mol. The highest BCUT2D eigenvalue weighted by Gasteiger charge is 2.43. The molecule has 0 amide bonds. The molecule has 0 saturated heterocycles. The molecule has 0 atom stereocenters. The number of benzene rings is 1. The number of carboxylic acid groups (broad SMARTS) is 1. The van der Waals surface area contributed by atoms with E-state index in [0.29, 0.717) is 0 Å². The Hall–Kier alpha value is -1.72. The molecule has 0 radical (unpaired) electrons. The predicted molar refractivity (Wildman–Crippen MR) is 52.3 cm³/mol. The van der Waals surface area contributed by atoms with Crippen molar-refractivity contribution in [1.82, 2.24) is 0 Å². The van der Waals surface area contributed by atoms with Crippen LogP contribution in [0.2, 0.25) is 0 Å². The zero-order valence-corrected chi connectivity index (χ0v) is 8.67. The molecule has 0 fully saturated rings. The highest BCUT2D eigenvalue weighted by molar-refractivity contribution is 5.80. The van der Waals surface area contributed by atoms with Gasteiger partial charge in [0.15, 0.2) is 0 Å². The fraction of sp³-hybridized carbons (Fsp3) is 0.300. The summed E-state index contributed by atoms with van der Waals surface area (Å²) in [4.78, 5) is 11.7. The number of aliphatic carboxylic acids is 1. The molecular formula is C10H10F3NO2. The Morgan fingerprint density at radius 2 is 1.94 bits per heavy atom. The van der Waals surface area contributed by atoms with Gasteiger partial charge in [0.1, 0.15) is 5.82 Å². The van der Waals surface area contributed by atoms with Gasteiger partial charge in [-0.2, -0.15) is 8.78 Å². The van der Waals surface area contributed by atoms with Gasteiger partial charge in [0.25, 0.3) is 0 Å². The Morgan fingerprint density at radius 1 is 1.38 bits per heavy atom. The summed E-state index contributed by atoms with van der Waals surface area (Å²) < 4.78 is 39.4. The van der Waals surface area contributed by atoms with Crippen LogP contribution in [-0.2, 0) is 10.7 Å². The molecule has 0 bridgehead atoms. The summed E-state index contributed by atoms with van der Waals surface area (Å²) in [5.41, 5.74) is -0.890. The van der Waals surface area contributed by atoms with Crippen LogP contribution < -0.4 is 4.90 Å². The van der Waals surface area contributed by atoms with Crippen LogP contribution in [0.25, 0.3) is 0 Å². The zero-order chi connectivity index (χ0) is 12.5. The van der Waals surface area contributed by atoms with Gasteiger partial charge >= 0.3 is 11.9 Å². The van der Waals surface area contributed by atoms with Gasteiger partial charge in [-0.15, -0.1) is 0 Å². The lowest BCUT2D eigenvalue weighted by atomic mass is 10.1. The van der Waals surface area contributed by atoms with Crippen LogP contribution in [0.4, 0.5) is 18.9 Å². The smallest absolute Gasteiger partial charge is 0.379 e. The summed E-state index contributed by atoms with van der Waals surface area (Å²) in [7, 11) is 2.85. The van der Waals surface area contributed by atoms with E-state index < -0.39 is 23.3 Å². The summed E-state index contributed by atoms with van der Waals surface area (Å²) in [6.45, 7) is 0. The van der Waals surface area contributed by atoms with Gasteiger partial charge in [-0.3, -0.25) is 0 Å². The van der Waals surface area contributed by atoms with Crippen molar-refractivity contribution >= 4 is 11.7 Å². The molecule has 0 heterocycles. The maximum absolute atomic E-state index is 13.3. The minimum Gasteiger partial charge on any atom is -0.477 e. The Bertz CT molecular complexity index is 419. The van der Waals surface area contributed by atoms with E-state index in [1.807, 2.05) is 0 Å². The number of hydrogen-bond donors (Lipinski definition) is 1. The van der Waals surface area contributed by atoms with Gasteiger partial charge in [0, 0.05) is 19.8 Å². The van der Waals surface area contributed by atoms with Gasteiger partial charge in [0.2, 0.25) is 0 Å². The third kappa shape index (κ3) is 2.10. The van der Waals surface area contributed by atoms with Crippen molar-refractivity contribution in [2.24, 2.45) is 0 Å². The first kappa shape index (κ1) is 12.4. The van der Waals surface area contributed by atoms with Gasteiger partial charge in [-0.1, -0.05) is 0 Å². The molecule has 88 valence electrons. The molecule has 0 aliphatic heterocycles. The summed E-state index contributed by atoms with van der Waals surface area (Å²) in [6.07, 6.45) is 0. The molecule has 3 nitrogen and oxygen atoms in total. The second-order valence-corrected chi connectivity index (χ2v) is 3.44. The first-order chi connectivity index (χ1) is 7.26. The third-order valence-corrected chi connectivity index (χ3v) is 2.05. The van der Waals surface area contributed by atoms with Crippen molar-refractivity contribution in [1.29, 1.82) is 0 Å². The lowest BCUT2D eigenvalue weighted by Gasteiger charge is -2.21. The van der Waals surface area contributed by atoms with Crippen LogP contribution in [0.15, 0.2) is 18.2 Å². The highest BCUT2D eigenvalue weighted by atomic mass is 19.3. The second-order valence-electron chi connectivity index (χ2n) is 3.44. The number of carbonyl (C=O) groups is 1. The van der Waals surface area contributed by atoms with Crippen molar-refractivity contribution in [3.8, 4) is 0 Å². The van der Waals surface area contributed by atoms with Crippen LogP contribution in [-0.4, -0.2) is 25.2 Å².